The number of aryl methyl sites for hydroxylation is 1. The molecule has 1 aromatic carbocycles. The summed E-state index contributed by atoms with van der Waals surface area (Å²) in [6, 6.07) is 5.97. The van der Waals surface area contributed by atoms with Crippen LogP contribution in [-0.4, -0.2) is 17.0 Å². The molecule has 1 N–H and O–H groups in total. The Labute approximate surface area is 186 Å². The third kappa shape index (κ3) is 12.3. The van der Waals surface area contributed by atoms with Gasteiger partial charge in [0.05, 0.1) is 8.07 Å². The monoisotopic (exact) mass is 449 g/mol. The van der Waals surface area contributed by atoms with Crippen molar-refractivity contribution in [1.82, 2.24) is 0 Å². The van der Waals surface area contributed by atoms with Gasteiger partial charge < -0.3 is 5.11 Å². The molecule has 0 saturated carbocycles. The molecular formula is C21H35Cl2OSiTi. The second-order valence-corrected chi connectivity index (χ2v) is 14.8. The number of halogens is 2. The summed E-state index contributed by atoms with van der Waals surface area (Å²) in [5, 5.41) is 11.3. The zero-order valence-corrected chi connectivity index (χ0v) is 21.6. The van der Waals surface area contributed by atoms with Gasteiger partial charge in [0.1, 0.15) is 5.75 Å². The first-order chi connectivity index (χ1) is 10.9. The molecular weight excluding hydrogens is 415 g/mol. The SMILES string of the molecule is C[C](C)=[Ti+].Cc1cc(O)cc([Si](C)(C)C(C)(C)C)c1.Cl.Cl.[C-]1=CC=CC1. The van der Waals surface area contributed by atoms with Crippen LogP contribution in [0.1, 0.15) is 46.6 Å². The fourth-order valence-electron chi connectivity index (χ4n) is 1.90. The Balaban J connectivity index is -0.000000400. The first-order valence-corrected chi connectivity index (χ1v) is 12.2. The molecule has 0 spiro atoms. The van der Waals surface area contributed by atoms with Crippen LogP contribution in [0.2, 0.25) is 18.1 Å². The van der Waals surface area contributed by atoms with E-state index in [4.69, 9.17) is 0 Å². The maximum Gasteiger partial charge on any atom is 0.115 e. The molecule has 5 heteroatoms. The molecule has 1 aromatic rings. The average Bonchev–Trinajstić information content (AvgIpc) is 2.94. The van der Waals surface area contributed by atoms with E-state index >= 15 is 0 Å². The summed E-state index contributed by atoms with van der Waals surface area (Å²) in [6.07, 6.45) is 10.0. The number of aromatic hydroxyl groups is 1. The standard InChI is InChI=1S/C13H22OSi.C5H5.C3H6.2ClH.Ti/c1-10-7-11(14)9-12(8-10)15(5,6)13(2,3)4;1-2-4-5-3-1;1-3-2;;;/h7-9,14H,1-6H3;1-3H,4H2;1-2H3;2*1H;/q;-1;;;;+1. The molecule has 0 atom stereocenters. The van der Waals surface area contributed by atoms with Crippen LogP contribution in [0.5, 0.6) is 5.75 Å². The van der Waals surface area contributed by atoms with Gasteiger partial charge in [0.15, 0.2) is 0 Å². The normalized spacial score (nSPS) is 11.9. The van der Waals surface area contributed by atoms with E-state index in [0.29, 0.717) is 10.8 Å². The van der Waals surface area contributed by atoms with Crippen molar-refractivity contribution in [3.63, 3.8) is 0 Å². The van der Waals surface area contributed by atoms with Crippen molar-refractivity contribution in [2.75, 3.05) is 0 Å². The molecule has 0 radical (unpaired) electrons. The molecule has 147 valence electrons. The van der Waals surface area contributed by atoms with Crippen molar-refractivity contribution in [2.45, 2.75) is 66.1 Å². The van der Waals surface area contributed by atoms with Crippen LogP contribution in [0.25, 0.3) is 0 Å². The van der Waals surface area contributed by atoms with Gasteiger partial charge in [-0.15, -0.1) is 31.2 Å². The van der Waals surface area contributed by atoms with Gasteiger partial charge >= 0.3 is 37.6 Å². The Morgan fingerprint density at radius 3 is 1.88 bits per heavy atom. The molecule has 2 rings (SSSR count). The summed E-state index contributed by atoms with van der Waals surface area (Å²) in [6.45, 7) is 17.8. The number of benzene rings is 1. The zero-order valence-electron chi connectivity index (χ0n) is 17.4. The maximum absolute atomic E-state index is 9.65. The molecule has 0 saturated heterocycles. The third-order valence-electron chi connectivity index (χ3n) is 4.24. The van der Waals surface area contributed by atoms with Crippen molar-refractivity contribution in [1.29, 1.82) is 0 Å². The van der Waals surface area contributed by atoms with E-state index < -0.39 is 8.07 Å². The fourth-order valence-corrected chi connectivity index (χ4v) is 3.86. The average molecular weight is 450 g/mol. The summed E-state index contributed by atoms with van der Waals surface area (Å²) in [5.74, 6) is 0.398. The predicted octanol–water partition coefficient (Wildman–Crippen LogP) is 6.31. The van der Waals surface area contributed by atoms with Gasteiger partial charge in [0.2, 0.25) is 0 Å². The van der Waals surface area contributed by atoms with Crippen LogP contribution < -0.4 is 5.19 Å². The summed E-state index contributed by atoms with van der Waals surface area (Å²) < 4.78 is 1.42. The summed E-state index contributed by atoms with van der Waals surface area (Å²) >= 11 is 2.08. The molecule has 1 aliphatic carbocycles. The van der Waals surface area contributed by atoms with Crippen LogP contribution in [-0.2, 0) is 20.0 Å². The smallest absolute Gasteiger partial charge is 0.115 e. The fraction of sp³-hybridized carbons (Fsp3) is 0.476. The molecule has 0 amide bonds. The van der Waals surface area contributed by atoms with Gasteiger partial charge in [-0.2, -0.15) is 6.08 Å². The van der Waals surface area contributed by atoms with E-state index in [0.717, 1.165) is 12.0 Å². The molecule has 26 heavy (non-hydrogen) atoms. The minimum Gasteiger partial charge on any atom is -0.508 e. The quantitative estimate of drug-likeness (QED) is 0.393. The van der Waals surface area contributed by atoms with Gasteiger partial charge in [0, 0.05) is 0 Å². The van der Waals surface area contributed by atoms with Crippen LogP contribution in [0.15, 0.2) is 36.4 Å². The minimum atomic E-state index is -1.50. The summed E-state index contributed by atoms with van der Waals surface area (Å²) in [7, 11) is -1.50. The Morgan fingerprint density at radius 2 is 1.62 bits per heavy atom. The minimum absolute atomic E-state index is 0. The number of hydrogen-bond donors (Lipinski definition) is 1. The van der Waals surface area contributed by atoms with Gasteiger partial charge in [-0.1, -0.05) is 45.1 Å². The van der Waals surface area contributed by atoms with E-state index in [1.807, 2.05) is 31.2 Å². The topological polar surface area (TPSA) is 20.2 Å². The summed E-state index contributed by atoms with van der Waals surface area (Å²) in [5.41, 5.74) is 1.15. The molecule has 0 aromatic heterocycles. The van der Waals surface area contributed by atoms with Crippen LogP contribution in [0.4, 0.5) is 0 Å². The molecule has 0 fully saturated rings. The van der Waals surface area contributed by atoms with Crippen molar-refractivity contribution in [3.05, 3.63) is 48.1 Å². The van der Waals surface area contributed by atoms with Crippen molar-refractivity contribution in [2.24, 2.45) is 0 Å². The molecule has 0 bridgehead atoms. The summed E-state index contributed by atoms with van der Waals surface area (Å²) in [4.78, 5) is 0. The second-order valence-electron chi connectivity index (χ2n) is 7.94. The van der Waals surface area contributed by atoms with E-state index in [9.17, 15) is 5.11 Å². The third-order valence-corrected chi connectivity index (χ3v) is 9.73. The van der Waals surface area contributed by atoms with Gasteiger partial charge in [-0.3, -0.25) is 6.08 Å². The van der Waals surface area contributed by atoms with Crippen LogP contribution in [0.3, 0.4) is 0 Å². The van der Waals surface area contributed by atoms with Crippen LogP contribution in [0, 0.1) is 13.0 Å². The largest absolute Gasteiger partial charge is 0.508 e. The Morgan fingerprint density at radius 1 is 1.12 bits per heavy atom. The Bertz CT molecular complexity index is 568. The number of allylic oxidation sites excluding steroid dienone is 4. The predicted molar refractivity (Wildman–Crippen MR) is 122 cm³/mol. The molecule has 0 heterocycles. The van der Waals surface area contributed by atoms with E-state index in [-0.39, 0.29) is 24.8 Å². The molecule has 1 aliphatic rings. The van der Waals surface area contributed by atoms with E-state index in [1.165, 1.54) is 9.00 Å². The second kappa shape index (κ2) is 14.0. The molecule has 0 aliphatic heterocycles. The number of hydrogen-bond acceptors (Lipinski definition) is 1. The van der Waals surface area contributed by atoms with E-state index in [2.05, 4.69) is 85.9 Å². The number of rotatable bonds is 1. The zero-order chi connectivity index (χ0) is 19.0. The Hall–Kier alpha value is -0.119. The van der Waals surface area contributed by atoms with E-state index in [1.54, 1.807) is 0 Å². The van der Waals surface area contributed by atoms with Gasteiger partial charge in [-0.25, -0.2) is 12.2 Å². The molecule has 0 unspecified atom stereocenters. The Kier molecular flexibility index (Phi) is 16.4. The van der Waals surface area contributed by atoms with Crippen molar-refractivity contribution >= 4 is 41.9 Å². The van der Waals surface area contributed by atoms with Crippen LogP contribution >= 0.6 is 24.8 Å². The number of phenolic OH excluding ortho intramolecular Hbond substituents is 1. The number of phenols is 1. The van der Waals surface area contributed by atoms with Gasteiger partial charge in [0.25, 0.3) is 0 Å². The van der Waals surface area contributed by atoms with Gasteiger partial charge in [-0.05, 0) is 29.7 Å². The van der Waals surface area contributed by atoms with Crippen molar-refractivity contribution in [3.8, 4) is 5.75 Å². The maximum atomic E-state index is 9.65. The van der Waals surface area contributed by atoms with Crippen molar-refractivity contribution < 1.29 is 25.1 Å². The first-order valence-electron chi connectivity index (χ1n) is 8.42. The first kappa shape index (κ1) is 30.6. The molecule has 1 nitrogen and oxygen atoms in total.